The van der Waals surface area contributed by atoms with E-state index in [0.29, 0.717) is 5.56 Å². The van der Waals surface area contributed by atoms with Crippen LogP contribution in [0.5, 0.6) is 0 Å². The van der Waals surface area contributed by atoms with Crippen molar-refractivity contribution in [2.45, 2.75) is 38.9 Å². The van der Waals surface area contributed by atoms with Crippen LogP contribution >= 0.6 is 0 Å². The topological polar surface area (TPSA) is 37.3 Å². The van der Waals surface area contributed by atoms with Crippen LogP contribution in [0.2, 0.25) is 18.1 Å². The normalized spacial score (nSPS) is 11.4. The Labute approximate surface area is 98.3 Å². The highest BCUT2D eigenvalue weighted by Gasteiger charge is 2.28. The Morgan fingerprint density at radius 1 is 1.06 bits per heavy atom. The standard InChI is InChI=1S/C13H20O2Si/c1-4-16(5-2,6-3)12-9-7-11(8-10-12)13(14)15/h7-10H,4-6H2,1-3H3,(H,14,15). The van der Waals surface area contributed by atoms with Crippen molar-refractivity contribution in [2.75, 3.05) is 0 Å². The van der Waals surface area contributed by atoms with Crippen molar-refractivity contribution in [3.63, 3.8) is 0 Å². The second-order valence-corrected chi connectivity index (χ2v) is 9.48. The van der Waals surface area contributed by atoms with Gasteiger partial charge in [0.25, 0.3) is 0 Å². The van der Waals surface area contributed by atoms with Gasteiger partial charge in [0.15, 0.2) is 0 Å². The average Bonchev–Trinajstić information content (AvgIpc) is 2.33. The molecular formula is C13H20O2Si. The first kappa shape index (κ1) is 13.0. The van der Waals surface area contributed by atoms with Gasteiger partial charge in [0, 0.05) is 0 Å². The number of hydrogen-bond donors (Lipinski definition) is 1. The number of rotatable bonds is 5. The second-order valence-electron chi connectivity index (χ2n) is 4.22. The SMILES string of the molecule is CC[Si](CC)(CC)c1ccc(C(=O)O)cc1. The van der Waals surface area contributed by atoms with E-state index in [1.807, 2.05) is 12.1 Å². The predicted molar refractivity (Wildman–Crippen MR) is 70.2 cm³/mol. The lowest BCUT2D eigenvalue weighted by Gasteiger charge is -2.28. The zero-order valence-electron chi connectivity index (χ0n) is 10.3. The molecule has 0 radical (unpaired) electrons. The third-order valence-electron chi connectivity index (χ3n) is 3.77. The highest BCUT2D eigenvalue weighted by molar-refractivity contribution is 6.91. The fourth-order valence-electron chi connectivity index (χ4n) is 2.33. The summed E-state index contributed by atoms with van der Waals surface area (Å²) in [6, 6.07) is 11.2. The summed E-state index contributed by atoms with van der Waals surface area (Å²) in [7, 11) is -1.34. The van der Waals surface area contributed by atoms with Crippen molar-refractivity contribution in [3.8, 4) is 0 Å². The van der Waals surface area contributed by atoms with Gasteiger partial charge in [0.1, 0.15) is 0 Å². The van der Waals surface area contributed by atoms with Gasteiger partial charge in [-0.2, -0.15) is 0 Å². The molecule has 0 heterocycles. The van der Waals surface area contributed by atoms with E-state index in [4.69, 9.17) is 5.11 Å². The van der Waals surface area contributed by atoms with Gasteiger partial charge in [-0.15, -0.1) is 0 Å². The van der Waals surface area contributed by atoms with Crippen LogP contribution in [0.3, 0.4) is 0 Å². The minimum Gasteiger partial charge on any atom is -0.478 e. The van der Waals surface area contributed by atoms with Gasteiger partial charge in [-0.05, 0) is 12.1 Å². The average molecular weight is 236 g/mol. The van der Waals surface area contributed by atoms with Gasteiger partial charge in [-0.25, -0.2) is 4.79 Å². The van der Waals surface area contributed by atoms with Crippen molar-refractivity contribution < 1.29 is 9.90 Å². The molecule has 1 rings (SSSR count). The van der Waals surface area contributed by atoms with E-state index < -0.39 is 14.0 Å². The molecule has 0 fully saturated rings. The minimum atomic E-state index is -1.34. The Morgan fingerprint density at radius 3 is 1.81 bits per heavy atom. The maximum absolute atomic E-state index is 10.8. The molecule has 0 saturated heterocycles. The largest absolute Gasteiger partial charge is 0.478 e. The van der Waals surface area contributed by atoms with Crippen LogP contribution in [0.4, 0.5) is 0 Å². The number of carboxylic acid groups (broad SMARTS) is 1. The lowest BCUT2D eigenvalue weighted by atomic mass is 10.2. The molecule has 0 unspecified atom stereocenters. The molecule has 0 aliphatic carbocycles. The van der Waals surface area contributed by atoms with Crippen LogP contribution < -0.4 is 5.19 Å². The Hall–Kier alpha value is -1.09. The third kappa shape index (κ3) is 2.35. The van der Waals surface area contributed by atoms with E-state index in [1.165, 1.54) is 23.3 Å². The molecule has 16 heavy (non-hydrogen) atoms. The van der Waals surface area contributed by atoms with E-state index in [-0.39, 0.29) is 0 Å². The van der Waals surface area contributed by atoms with Crippen LogP contribution in [-0.2, 0) is 0 Å². The Kier molecular flexibility index (Phi) is 4.30. The predicted octanol–water partition coefficient (Wildman–Crippen LogP) is 3.10. The Balaban J connectivity index is 3.08. The summed E-state index contributed by atoms with van der Waals surface area (Å²) in [6.07, 6.45) is 0. The number of carboxylic acids is 1. The molecule has 0 atom stereocenters. The Bertz CT molecular complexity index is 344. The molecule has 1 aromatic carbocycles. The number of aromatic carboxylic acids is 1. The summed E-state index contributed by atoms with van der Waals surface area (Å²) in [4.78, 5) is 10.8. The van der Waals surface area contributed by atoms with Crippen LogP contribution in [0.25, 0.3) is 0 Å². The lowest BCUT2D eigenvalue weighted by molar-refractivity contribution is 0.0697. The summed E-state index contributed by atoms with van der Waals surface area (Å²) < 4.78 is 0. The summed E-state index contributed by atoms with van der Waals surface area (Å²) in [6.45, 7) is 6.76. The van der Waals surface area contributed by atoms with Gasteiger partial charge < -0.3 is 5.11 Å². The molecule has 1 aromatic rings. The number of benzene rings is 1. The zero-order valence-corrected chi connectivity index (χ0v) is 11.3. The fourth-order valence-corrected chi connectivity index (χ4v) is 5.93. The molecule has 0 amide bonds. The van der Waals surface area contributed by atoms with Gasteiger partial charge in [0.2, 0.25) is 0 Å². The minimum absolute atomic E-state index is 0.384. The first-order valence-corrected chi connectivity index (χ1v) is 8.55. The van der Waals surface area contributed by atoms with Crippen LogP contribution in [-0.4, -0.2) is 19.1 Å². The summed E-state index contributed by atoms with van der Waals surface area (Å²) >= 11 is 0. The first-order chi connectivity index (χ1) is 7.59. The van der Waals surface area contributed by atoms with Gasteiger partial charge >= 0.3 is 5.97 Å². The zero-order chi connectivity index (χ0) is 12.2. The molecule has 3 heteroatoms. The maximum atomic E-state index is 10.8. The second kappa shape index (κ2) is 5.30. The maximum Gasteiger partial charge on any atom is 0.335 e. The quantitative estimate of drug-likeness (QED) is 0.798. The van der Waals surface area contributed by atoms with Crippen molar-refractivity contribution >= 4 is 19.2 Å². The molecule has 88 valence electrons. The van der Waals surface area contributed by atoms with Crippen molar-refractivity contribution in [1.29, 1.82) is 0 Å². The van der Waals surface area contributed by atoms with E-state index in [2.05, 4.69) is 20.8 Å². The molecule has 0 saturated carbocycles. The summed E-state index contributed by atoms with van der Waals surface area (Å²) in [5.74, 6) is -0.844. The monoisotopic (exact) mass is 236 g/mol. The summed E-state index contributed by atoms with van der Waals surface area (Å²) in [5.41, 5.74) is 0.384. The van der Waals surface area contributed by atoms with Crippen molar-refractivity contribution in [1.82, 2.24) is 0 Å². The highest BCUT2D eigenvalue weighted by atomic mass is 28.3. The smallest absolute Gasteiger partial charge is 0.335 e. The molecule has 0 aliphatic rings. The van der Waals surface area contributed by atoms with E-state index in [9.17, 15) is 4.79 Å². The van der Waals surface area contributed by atoms with E-state index in [1.54, 1.807) is 12.1 Å². The van der Waals surface area contributed by atoms with Crippen molar-refractivity contribution in [2.24, 2.45) is 0 Å². The fraction of sp³-hybridized carbons (Fsp3) is 0.462. The first-order valence-electron chi connectivity index (χ1n) is 5.93. The van der Waals surface area contributed by atoms with Crippen LogP contribution in [0, 0.1) is 0 Å². The van der Waals surface area contributed by atoms with Crippen molar-refractivity contribution in [3.05, 3.63) is 29.8 Å². The number of carbonyl (C=O) groups is 1. The van der Waals surface area contributed by atoms with Gasteiger partial charge in [-0.1, -0.05) is 56.2 Å². The molecule has 0 aliphatic heterocycles. The molecule has 0 spiro atoms. The van der Waals surface area contributed by atoms with Gasteiger partial charge in [0.05, 0.1) is 13.6 Å². The van der Waals surface area contributed by atoms with E-state index in [0.717, 1.165) is 0 Å². The van der Waals surface area contributed by atoms with Crippen LogP contribution in [0.15, 0.2) is 24.3 Å². The molecule has 0 bridgehead atoms. The molecule has 0 aromatic heterocycles. The third-order valence-corrected chi connectivity index (χ3v) is 9.39. The molecule has 2 nitrogen and oxygen atoms in total. The highest BCUT2D eigenvalue weighted by Crippen LogP contribution is 2.20. The molecule has 1 N–H and O–H groups in total. The van der Waals surface area contributed by atoms with Crippen LogP contribution in [0.1, 0.15) is 31.1 Å². The number of hydrogen-bond acceptors (Lipinski definition) is 1. The molecular weight excluding hydrogens is 216 g/mol. The van der Waals surface area contributed by atoms with Gasteiger partial charge in [-0.3, -0.25) is 0 Å². The van der Waals surface area contributed by atoms with E-state index >= 15 is 0 Å². The summed E-state index contributed by atoms with van der Waals surface area (Å²) in [5, 5.41) is 10.3. The Morgan fingerprint density at radius 2 is 1.50 bits per heavy atom. The lowest BCUT2D eigenvalue weighted by Crippen LogP contribution is -2.45.